The fraction of sp³-hybridized carbons (Fsp3) is 0.231. The van der Waals surface area contributed by atoms with Gasteiger partial charge in [0, 0.05) is 11.3 Å². The Morgan fingerprint density at radius 2 is 2.38 bits per heavy atom. The maximum atomic E-state index is 12.1. The number of amides is 2. The van der Waals surface area contributed by atoms with Crippen LogP contribution in [0.25, 0.3) is 0 Å². The molecule has 0 bridgehead atoms. The minimum atomic E-state index is -0.393. The van der Waals surface area contributed by atoms with Crippen LogP contribution in [0.4, 0.5) is 10.5 Å². The third kappa shape index (κ3) is 2.83. The molecule has 0 atom stereocenters. The van der Waals surface area contributed by atoms with Crippen molar-refractivity contribution in [3.05, 3.63) is 41.7 Å². The summed E-state index contributed by atoms with van der Waals surface area (Å²) in [6, 6.07) is 6.83. The quantitative estimate of drug-likeness (QED) is 0.861. The number of carbonyl (C=O) groups excluding carboxylic acids is 2. The van der Waals surface area contributed by atoms with Crippen LogP contribution in [-0.4, -0.2) is 40.6 Å². The van der Waals surface area contributed by atoms with E-state index in [1.165, 1.54) is 11.1 Å². The molecule has 1 aromatic carbocycles. The number of benzene rings is 1. The van der Waals surface area contributed by atoms with E-state index in [-0.39, 0.29) is 12.5 Å². The number of rotatable bonds is 4. The van der Waals surface area contributed by atoms with E-state index in [9.17, 15) is 9.59 Å². The third-order valence-electron chi connectivity index (χ3n) is 3.08. The lowest BCUT2D eigenvalue weighted by atomic mass is 10.1. The van der Waals surface area contributed by atoms with Gasteiger partial charge in [-0.3, -0.25) is 9.69 Å². The molecule has 0 radical (unpaired) electrons. The Morgan fingerprint density at radius 3 is 3.10 bits per heavy atom. The molecular weight excluding hydrogens is 274 g/mol. The number of hydrogen-bond donors (Lipinski definition) is 2. The van der Waals surface area contributed by atoms with Crippen LogP contribution in [0.1, 0.15) is 16.1 Å². The summed E-state index contributed by atoms with van der Waals surface area (Å²) in [7, 11) is 0. The van der Waals surface area contributed by atoms with Crippen molar-refractivity contribution in [3.63, 3.8) is 0 Å². The van der Waals surface area contributed by atoms with Crippen LogP contribution >= 0.6 is 0 Å². The van der Waals surface area contributed by atoms with Crippen LogP contribution in [-0.2, 0) is 11.3 Å². The molecule has 1 aromatic heterocycles. The van der Waals surface area contributed by atoms with E-state index < -0.39 is 6.09 Å². The number of nitrogens with zero attached hydrogens (tertiary/aromatic N) is 3. The average Bonchev–Trinajstić information content (AvgIpc) is 3.16. The molecule has 3 rings (SSSR count). The van der Waals surface area contributed by atoms with Crippen molar-refractivity contribution in [2.75, 3.05) is 18.1 Å². The standard InChI is InChI=1S/C13H13N5O3/c19-12(14-7-10-8-15-17-16-10)9-2-1-3-11(6-9)18-4-5-21-13(18)20/h1-3,6,8H,4-5,7H2,(H,14,19)(H,15,16,17). The van der Waals surface area contributed by atoms with Gasteiger partial charge in [0.05, 0.1) is 19.3 Å². The molecule has 8 heteroatoms. The van der Waals surface area contributed by atoms with Gasteiger partial charge in [-0.25, -0.2) is 4.79 Å². The minimum Gasteiger partial charge on any atom is -0.447 e. The van der Waals surface area contributed by atoms with Gasteiger partial charge in [0.2, 0.25) is 0 Å². The predicted octanol–water partition coefficient (Wildman–Crippen LogP) is 0.691. The topological polar surface area (TPSA) is 100 Å². The number of aromatic amines is 1. The van der Waals surface area contributed by atoms with Crippen LogP contribution in [0.3, 0.4) is 0 Å². The van der Waals surface area contributed by atoms with E-state index in [1.54, 1.807) is 24.3 Å². The molecule has 1 saturated heterocycles. The molecule has 2 N–H and O–H groups in total. The van der Waals surface area contributed by atoms with Gasteiger partial charge >= 0.3 is 6.09 Å². The zero-order valence-electron chi connectivity index (χ0n) is 11.1. The second-order valence-electron chi connectivity index (χ2n) is 4.46. The second-order valence-corrected chi connectivity index (χ2v) is 4.46. The summed E-state index contributed by atoms with van der Waals surface area (Å²) in [5.74, 6) is -0.243. The van der Waals surface area contributed by atoms with Gasteiger partial charge in [-0.15, -0.1) is 0 Å². The van der Waals surface area contributed by atoms with E-state index in [0.717, 1.165) is 0 Å². The summed E-state index contributed by atoms with van der Waals surface area (Å²) in [6.45, 7) is 1.13. The van der Waals surface area contributed by atoms with Crippen molar-refractivity contribution in [1.82, 2.24) is 20.7 Å². The Bertz CT molecular complexity index is 656. The fourth-order valence-electron chi connectivity index (χ4n) is 2.03. The van der Waals surface area contributed by atoms with Crippen molar-refractivity contribution in [3.8, 4) is 0 Å². The third-order valence-corrected chi connectivity index (χ3v) is 3.08. The first-order chi connectivity index (χ1) is 10.2. The summed E-state index contributed by atoms with van der Waals surface area (Å²) in [5.41, 5.74) is 1.75. The molecule has 2 aromatic rings. The highest BCUT2D eigenvalue weighted by Crippen LogP contribution is 2.19. The Balaban J connectivity index is 1.70. The first-order valence-corrected chi connectivity index (χ1v) is 6.41. The Morgan fingerprint density at radius 1 is 1.48 bits per heavy atom. The Hall–Kier alpha value is -2.90. The highest BCUT2D eigenvalue weighted by molar-refractivity contribution is 5.97. The minimum absolute atomic E-state index is 0.243. The lowest BCUT2D eigenvalue weighted by Gasteiger charge is -2.13. The van der Waals surface area contributed by atoms with Gasteiger partial charge in [-0.05, 0) is 18.2 Å². The molecule has 21 heavy (non-hydrogen) atoms. The first-order valence-electron chi connectivity index (χ1n) is 6.41. The molecule has 1 aliphatic rings. The highest BCUT2D eigenvalue weighted by atomic mass is 16.6. The average molecular weight is 287 g/mol. The van der Waals surface area contributed by atoms with Crippen molar-refractivity contribution in [2.24, 2.45) is 0 Å². The van der Waals surface area contributed by atoms with Crippen molar-refractivity contribution >= 4 is 17.7 Å². The lowest BCUT2D eigenvalue weighted by molar-refractivity contribution is 0.0950. The molecule has 8 nitrogen and oxygen atoms in total. The summed E-state index contributed by atoms with van der Waals surface area (Å²) >= 11 is 0. The molecule has 2 heterocycles. The number of cyclic esters (lactones) is 1. The number of ether oxygens (including phenoxy) is 1. The van der Waals surface area contributed by atoms with E-state index in [1.807, 2.05) is 0 Å². The number of aromatic nitrogens is 3. The lowest BCUT2D eigenvalue weighted by Crippen LogP contribution is -2.25. The van der Waals surface area contributed by atoms with Crippen LogP contribution < -0.4 is 10.2 Å². The second kappa shape index (κ2) is 5.61. The van der Waals surface area contributed by atoms with E-state index >= 15 is 0 Å². The number of nitrogens with one attached hydrogen (secondary N) is 2. The Labute approximate surface area is 120 Å². The normalized spacial score (nSPS) is 14.1. The SMILES string of the molecule is O=C(NCc1cn[nH]n1)c1cccc(N2CCOC2=O)c1. The van der Waals surface area contributed by atoms with Gasteiger partial charge in [-0.2, -0.15) is 15.4 Å². The van der Waals surface area contributed by atoms with Crippen LogP contribution in [0, 0.1) is 0 Å². The smallest absolute Gasteiger partial charge is 0.414 e. The fourth-order valence-corrected chi connectivity index (χ4v) is 2.03. The molecule has 0 spiro atoms. The molecule has 1 aliphatic heterocycles. The van der Waals surface area contributed by atoms with Gasteiger partial charge in [0.1, 0.15) is 12.3 Å². The summed E-state index contributed by atoms with van der Waals surface area (Å²) in [4.78, 5) is 25.1. The zero-order valence-corrected chi connectivity index (χ0v) is 11.1. The monoisotopic (exact) mass is 287 g/mol. The number of anilines is 1. The molecular formula is C13H13N5O3. The van der Waals surface area contributed by atoms with Crippen LogP contribution in [0.15, 0.2) is 30.5 Å². The van der Waals surface area contributed by atoms with Crippen LogP contribution in [0.2, 0.25) is 0 Å². The maximum absolute atomic E-state index is 12.1. The van der Waals surface area contributed by atoms with Crippen LogP contribution in [0.5, 0.6) is 0 Å². The molecule has 108 valence electrons. The molecule has 0 aliphatic carbocycles. The maximum Gasteiger partial charge on any atom is 0.414 e. The molecule has 0 saturated carbocycles. The first kappa shape index (κ1) is 13.1. The number of hydrogen-bond acceptors (Lipinski definition) is 5. The summed E-state index contributed by atoms with van der Waals surface area (Å²) < 4.78 is 4.88. The van der Waals surface area contributed by atoms with E-state index in [0.29, 0.717) is 30.1 Å². The largest absolute Gasteiger partial charge is 0.447 e. The number of H-pyrrole nitrogens is 1. The summed E-state index contributed by atoms with van der Waals surface area (Å²) in [5, 5.41) is 12.7. The molecule has 0 unspecified atom stereocenters. The zero-order chi connectivity index (χ0) is 14.7. The predicted molar refractivity (Wildman–Crippen MR) is 72.7 cm³/mol. The molecule has 1 fully saturated rings. The summed E-state index contributed by atoms with van der Waals surface area (Å²) in [6.07, 6.45) is 1.15. The van der Waals surface area contributed by atoms with Gasteiger partial charge in [0.15, 0.2) is 0 Å². The number of carbonyl (C=O) groups is 2. The highest BCUT2D eigenvalue weighted by Gasteiger charge is 2.24. The van der Waals surface area contributed by atoms with E-state index in [4.69, 9.17) is 4.74 Å². The van der Waals surface area contributed by atoms with E-state index in [2.05, 4.69) is 20.7 Å². The Kier molecular flexibility index (Phi) is 3.50. The van der Waals surface area contributed by atoms with Gasteiger partial charge < -0.3 is 10.1 Å². The van der Waals surface area contributed by atoms with Crippen molar-refractivity contribution < 1.29 is 14.3 Å². The van der Waals surface area contributed by atoms with Gasteiger partial charge in [0.25, 0.3) is 5.91 Å². The van der Waals surface area contributed by atoms with Crippen molar-refractivity contribution in [2.45, 2.75) is 6.54 Å². The van der Waals surface area contributed by atoms with Crippen molar-refractivity contribution in [1.29, 1.82) is 0 Å². The molecule has 2 amide bonds. The van der Waals surface area contributed by atoms with Gasteiger partial charge in [-0.1, -0.05) is 6.07 Å².